The number of ether oxygens (including phenoxy) is 2. The zero-order chi connectivity index (χ0) is 19.7. The summed E-state index contributed by atoms with van der Waals surface area (Å²) in [4.78, 5) is 26.8. The molecule has 3 aromatic rings. The predicted molar refractivity (Wildman–Crippen MR) is 105 cm³/mol. The van der Waals surface area contributed by atoms with E-state index in [0.29, 0.717) is 18.7 Å². The molecule has 1 aliphatic rings. The lowest BCUT2D eigenvalue weighted by Crippen LogP contribution is -2.37. The average molecular weight is 378 g/mol. The van der Waals surface area contributed by atoms with Crippen LogP contribution in [-0.4, -0.2) is 42.1 Å². The molecule has 0 saturated carbocycles. The van der Waals surface area contributed by atoms with Crippen molar-refractivity contribution in [3.8, 4) is 5.75 Å². The molecule has 6 heteroatoms. The lowest BCUT2D eigenvalue weighted by atomic mass is 10.0. The van der Waals surface area contributed by atoms with Crippen molar-refractivity contribution in [2.45, 2.75) is 19.5 Å². The van der Waals surface area contributed by atoms with Crippen molar-refractivity contribution in [2.24, 2.45) is 0 Å². The molecule has 0 bridgehead atoms. The number of nitrogens with zero attached hydrogens (tertiary/aromatic N) is 2. The third-order valence-electron chi connectivity index (χ3n) is 5.31. The van der Waals surface area contributed by atoms with Crippen molar-refractivity contribution < 1.29 is 19.1 Å². The van der Waals surface area contributed by atoms with Crippen LogP contribution in [0.2, 0.25) is 0 Å². The maximum Gasteiger partial charge on any atom is 0.325 e. The summed E-state index contributed by atoms with van der Waals surface area (Å²) in [5.41, 5.74) is 3.83. The maximum absolute atomic E-state index is 13.0. The van der Waals surface area contributed by atoms with Gasteiger partial charge in [0.25, 0.3) is 5.91 Å². The average Bonchev–Trinajstić information content (AvgIpc) is 3.06. The molecule has 0 spiro atoms. The van der Waals surface area contributed by atoms with Gasteiger partial charge in [-0.2, -0.15) is 0 Å². The molecule has 144 valence electrons. The van der Waals surface area contributed by atoms with Crippen molar-refractivity contribution in [2.75, 3.05) is 20.8 Å². The third kappa shape index (κ3) is 3.11. The number of carbonyl (C=O) groups excluding carboxylic acids is 2. The number of hydrogen-bond donors (Lipinski definition) is 0. The Morgan fingerprint density at radius 1 is 1.04 bits per heavy atom. The largest absolute Gasteiger partial charge is 0.497 e. The highest BCUT2D eigenvalue weighted by molar-refractivity contribution is 5.95. The summed E-state index contributed by atoms with van der Waals surface area (Å²) in [6.07, 6.45) is 0.756. The lowest BCUT2D eigenvalue weighted by Gasteiger charge is -2.28. The van der Waals surface area contributed by atoms with Gasteiger partial charge in [0, 0.05) is 28.7 Å². The van der Waals surface area contributed by atoms with E-state index in [1.54, 1.807) is 31.4 Å². The van der Waals surface area contributed by atoms with Crippen LogP contribution in [0.15, 0.2) is 48.5 Å². The molecule has 0 saturated heterocycles. The van der Waals surface area contributed by atoms with Crippen LogP contribution in [0.3, 0.4) is 0 Å². The molecule has 2 aromatic carbocycles. The van der Waals surface area contributed by atoms with Gasteiger partial charge in [0.05, 0.1) is 20.8 Å². The summed E-state index contributed by atoms with van der Waals surface area (Å²) < 4.78 is 12.0. The second kappa shape index (κ2) is 7.38. The molecular weight excluding hydrogens is 356 g/mol. The van der Waals surface area contributed by atoms with Gasteiger partial charge in [0.1, 0.15) is 12.3 Å². The van der Waals surface area contributed by atoms with Crippen LogP contribution in [0, 0.1) is 0 Å². The monoisotopic (exact) mass is 378 g/mol. The van der Waals surface area contributed by atoms with Crippen LogP contribution in [-0.2, 0) is 29.0 Å². The minimum atomic E-state index is -0.304. The zero-order valence-electron chi connectivity index (χ0n) is 16.0. The van der Waals surface area contributed by atoms with Crippen molar-refractivity contribution >= 4 is 22.8 Å². The maximum atomic E-state index is 13.0. The normalized spacial score (nSPS) is 13.3. The van der Waals surface area contributed by atoms with E-state index < -0.39 is 0 Å². The SMILES string of the molecule is COC(=O)Cn1c2c(c3ccccc31)CCN(C(=O)c1ccc(OC)cc1)C2. The van der Waals surface area contributed by atoms with Gasteiger partial charge in [-0.15, -0.1) is 0 Å². The quantitative estimate of drug-likeness (QED) is 0.655. The molecule has 0 N–H and O–H groups in total. The van der Waals surface area contributed by atoms with Gasteiger partial charge < -0.3 is 18.9 Å². The summed E-state index contributed by atoms with van der Waals surface area (Å²) in [6, 6.07) is 15.2. The van der Waals surface area contributed by atoms with Gasteiger partial charge in [-0.3, -0.25) is 9.59 Å². The first-order chi connectivity index (χ1) is 13.6. The van der Waals surface area contributed by atoms with Gasteiger partial charge in [-0.25, -0.2) is 0 Å². The number of rotatable bonds is 4. The molecule has 0 unspecified atom stereocenters. The van der Waals surface area contributed by atoms with Gasteiger partial charge >= 0.3 is 5.97 Å². The minimum absolute atomic E-state index is 0.0248. The number of amides is 1. The first-order valence-corrected chi connectivity index (χ1v) is 9.21. The molecular formula is C22H22N2O4. The van der Waals surface area contributed by atoms with Crippen LogP contribution in [0.25, 0.3) is 10.9 Å². The van der Waals surface area contributed by atoms with Crippen molar-refractivity contribution in [3.05, 3.63) is 65.4 Å². The fraction of sp³-hybridized carbons (Fsp3) is 0.273. The Morgan fingerprint density at radius 2 is 1.79 bits per heavy atom. The Hall–Kier alpha value is -3.28. The number of benzene rings is 2. The van der Waals surface area contributed by atoms with Crippen molar-refractivity contribution in [3.63, 3.8) is 0 Å². The van der Waals surface area contributed by atoms with E-state index in [2.05, 4.69) is 6.07 Å². The molecule has 6 nitrogen and oxygen atoms in total. The number of hydrogen-bond acceptors (Lipinski definition) is 4. The van der Waals surface area contributed by atoms with E-state index >= 15 is 0 Å². The first-order valence-electron chi connectivity index (χ1n) is 9.21. The first kappa shape index (κ1) is 18.1. The van der Waals surface area contributed by atoms with Crippen LogP contribution in [0.4, 0.5) is 0 Å². The number of carbonyl (C=O) groups is 2. The van der Waals surface area contributed by atoms with E-state index in [-0.39, 0.29) is 18.4 Å². The molecule has 0 aliphatic carbocycles. The molecule has 1 aliphatic heterocycles. The summed E-state index contributed by atoms with van der Waals surface area (Å²) in [7, 11) is 2.99. The highest BCUT2D eigenvalue weighted by Crippen LogP contribution is 2.31. The fourth-order valence-corrected chi connectivity index (χ4v) is 3.86. The summed E-state index contributed by atoms with van der Waals surface area (Å²) in [5.74, 6) is 0.390. The number of aromatic nitrogens is 1. The van der Waals surface area contributed by atoms with E-state index in [1.165, 1.54) is 12.7 Å². The standard InChI is InChI=1S/C22H22N2O4/c1-27-16-9-7-15(8-10-16)22(26)23-12-11-18-17-5-3-4-6-19(17)24(20(18)13-23)14-21(25)28-2/h3-10H,11-14H2,1-2H3. The molecule has 2 heterocycles. The van der Waals surface area contributed by atoms with Gasteiger partial charge in [0.15, 0.2) is 0 Å². The minimum Gasteiger partial charge on any atom is -0.497 e. The summed E-state index contributed by atoms with van der Waals surface area (Å²) in [6.45, 7) is 1.24. The smallest absolute Gasteiger partial charge is 0.325 e. The Labute approximate surface area is 163 Å². The fourth-order valence-electron chi connectivity index (χ4n) is 3.86. The van der Waals surface area contributed by atoms with E-state index in [9.17, 15) is 9.59 Å². The van der Waals surface area contributed by atoms with Crippen molar-refractivity contribution in [1.29, 1.82) is 0 Å². The molecule has 1 amide bonds. The lowest BCUT2D eigenvalue weighted by molar-refractivity contribution is -0.141. The second-order valence-corrected chi connectivity index (χ2v) is 6.81. The van der Waals surface area contributed by atoms with Crippen LogP contribution in [0.5, 0.6) is 5.75 Å². The Balaban J connectivity index is 1.68. The highest BCUT2D eigenvalue weighted by atomic mass is 16.5. The van der Waals surface area contributed by atoms with Crippen LogP contribution < -0.4 is 4.74 Å². The Morgan fingerprint density at radius 3 is 2.50 bits per heavy atom. The number of para-hydroxylation sites is 1. The van der Waals surface area contributed by atoms with Crippen LogP contribution in [0.1, 0.15) is 21.6 Å². The number of methoxy groups -OCH3 is 2. The van der Waals surface area contributed by atoms with E-state index in [4.69, 9.17) is 9.47 Å². The molecule has 28 heavy (non-hydrogen) atoms. The molecule has 0 atom stereocenters. The molecule has 0 fully saturated rings. The van der Waals surface area contributed by atoms with Crippen molar-refractivity contribution in [1.82, 2.24) is 9.47 Å². The van der Waals surface area contributed by atoms with Crippen LogP contribution >= 0.6 is 0 Å². The van der Waals surface area contributed by atoms with E-state index in [0.717, 1.165) is 28.8 Å². The Kier molecular flexibility index (Phi) is 4.77. The van der Waals surface area contributed by atoms with Gasteiger partial charge in [-0.05, 0) is 42.3 Å². The summed E-state index contributed by atoms with van der Waals surface area (Å²) in [5, 5.41) is 1.14. The molecule has 1 aromatic heterocycles. The zero-order valence-corrected chi connectivity index (χ0v) is 16.0. The topological polar surface area (TPSA) is 60.8 Å². The summed E-state index contributed by atoms with van der Waals surface area (Å²) >= 11 is 0. The predicted octanol–water partition coefficient (Wildman–Crippen LogP) is 3.02. The highest BCUT2D eigenvalue weighted by Gasteiger charge is 2.27. The van der Waals surface area contributed by atoms with Gasteiger partial charge in [0.2, 0.25) is 0 Å². The third-order valence-corrected chi connectivity index (χ3v) is 5.31. The van der Waals surface area contributed by atoms with E-state index in [1.807, 2.05) is 27.7 Å². The second-order valence-electron chi connectivity index (χ2n) is 6.81. The number of fused-ring (bicyclic) bond motifs is 3. The van der Waals surface area contributed by atoms with Gasteiger partial charge in [-0.1, -0.05) is 18.2 Å². The number of esters is 1. The molecule has 0 radical (unpaired) electrons. The molecule has 4 rings (SSSR count). The Bertz CT molecular complexity index is 1040.